The van der Waals surface area contributed by atoms with Crippen LogP contribution in [0.25, 0.3) is 0 Å². The lowest BCUT2D eigenvalue weighted by molar-refractivity contribution is 0.475. The van der Waals surface area contributed by atoms with Gasteiger partial charge >= 0.3 is 0 Å². The molecule has 0 spiro atoms. The van der Waals surface area contributed by atoms with Crippen molar-refractivity contribution in [1.82, 2.24) is 4.72 Å². The zero-order chi connectivity index (χ0) is 16.0. The maximum atomic E-state index is 12.8. The molecule has 0 aliphatic heterocycles. The van der Waals surface area contributed by atoms with Gasteiger partial charge in [0.25, 0.3) is 0 Å². The van der Waals surface area contributed by atoms with Crippen LogP contribution in [0.1, 0.15) is 17.5 Å². The number of benzene rings is 2. The molecule has 0 aliphatic rings. The van der Waals surface area contributed by atoms with Crippen LogP contribution >= 0.6 is 0 Å². The number of hydrogen-bond acceptors (Lipinski definition) is 3. The number of aromatic hydroxyl groups is 1. The smallest absolute Gasteiger partial charge is 0.215 e. The highest BCUT2D eigenvalue weighted by atomic mass is 32.2. The van der Waals surface area contributed by atoms with Crippen LogP contribution < -0.4 is 4.72 Å². The number of halogens is 1. The lowest BCUT2D eigenvalue weighted by Gasteiger charge is -2.07. The van der Waals surface area contributed by atoms with Crippen LogP contribution in [-0.2, 0) is 22.2 Å². The lowest BCUT2D eigenvalue weighted by atomic mass is 10.1. The second kappa shape index (κ2) is 7.38. The number of aryl methyl sites for hydroxylation is 1. The summed E-state index contributed by atoms with van der Waals surface area (Å²) in [5.41, 5.74) is 1.59. The van der Waals surface area contributed by atoms with Crippen molar-refractivity contribution in [2.75, 3.05) is 6.54 Å². The summed E-state index contributed by atoms with van der Waals surface area (Å²) >= 11 is 0. The van der Waals surface area contributed by atoms with E-state index in [2.05, 4.69) is 4.72 Å². The molecule has 0 fully saturated rings. The quantitative estimate of drug-likeness (QED) is 0.770. The number of rotatable bonds is 7. The minimum Gasteiger partial charge on any atom is -0.508 e. The summed E-state index contributed by atoms with van der Waals surface area (Å²) in [4.78, 5) is 0. The minimum atomic E-state index is -3.42. The van der Waals surface area contributed by atoms with Gasteiger partial charge in [-0.1, -0.05) is 24.3 Å². The second-order valence-corrected chi connectivity index (χ2v) is 6.86. The highest BCUT2D eigenvalue weighted by molar-refractivity contribution is 7.88. The largest absolute Gasteiger partial charge is 0.508 e. The van der Waals surface area contributed by atoms with Gasteiger partial charge in [0.05, 0.1) is 5.75 Å². The molecule has 0 saturated heterocycles. The number of hydrogen-bond donors (Lipinski definition) is 2. The molecule has 0 unspecified atom stereocenters. The van der Waals surface area contributed by atoms with Gasteiger partial charge < -0.3 is 5.11 Å². The van der Waals surface area contributed by atoms with Crippen LogP contribution in [0.4, 0.5) is 4.39 Å². The van der Waals surface area contributed by atoms with Crippen molar-refractivity contribution in [3.63, 3.8) is 0 Å². The van der Waals surface area contributed by atoms with Gasteiger partial charge in [-0.15, -0.1) is 0 Å². The fourth-order valence-corrected chi connectivity index (χ4v) is 3.22. The van der Waals surface area contributed by atoms with E-state index in [0.29, 0.717) is 18.5 Å². The predicted molar refractivity (Wildman–Crippen MR) is 83.5 cm³/mol. The van der Waals surface area contributed by atoms with Crippen molar-refractivity contribution in [2.45, 2.75) is 18.6 Å². The molecule has 2 aromatic rings. The fraction of sp³-hybridized carbons (Fsp3) is 0.250. The summed E-state index contributed by atoms with van der Waals surface area (Å²) in [5.74, 6) is -0.335. The Labute approximate surface area is 129 Å². The maximum Gasteiger partial charge on any atom is 0.215 e. The predicted octanol–water partition coefficient (Wildman–Crippen LogP) is 2.58. The monoisotopic (exact) mass is 323 g/mol. The van der Waals surface area contributed by atoms with Crippen LogP contribution in [0.2, 0.25) is 0 Å². The SMILES string of the molecule is O=S(=O)(Cc1ccc(F)cc1)NCCCc1ccc(O)cc1. The normalized spacial score (nSPS) is 11.5. The molecular weight excluding hydrogens is 305 g/mol. The van der Waals surface area contributed by atoms with E-state index in [1.807, 2.05) is 12.1 Å². The van der Waals surface area contributed by atoms with E-state index in [1.165, 1.54) is 24.3 Å². The van der Waals surface area contributed by atoms with E-state index in [-0.39, 0.29) is 17.3 Å². The number of sulfonamides is 1. The molecule has 0 saturated carbocycles. The average molecular weight is 323 g/mol. The highest BCUT2D eigenvalue weighted by Gasteiger charge is 2.10. The summed E-state index contributed by atoms with van der Waals surface area (Å²) in [7, 11) is -3.42. The van der Waals surface area contributed by atoms with E-state index in [9.17, 15) is 17.9 Å². The molecule has 0 amide bonds. The van der Waals surface area contributed by atoms with E-state index >= 15 is 0 Å². The molecule has 2 N–H and O–H groups in total. The van der Waals surface area contributed by atoms with Gasteiger partial charge in [-0.25, -0.2) is 17.5 Å². The zero-order valence-corrected chi connectivity index (χ0v) is 12.8. The molecule has 0 radical (unpaired) electrons. The molecule has 6 heteroatoms. The highest BCUT2D eigenvalue weighted by Crippen LogP contribution is 2.11. The Morgan fingerprint density at radius 2 is 1.55 bits per heavy atom. The van der Waals surface area contributed by atoms with E-state index in [4.69, 9.17) is 0 Å². The summed E-state index contributed by atoms with van der Waals surface area (Å²) in [5, 5.41) is 9.18. The van der Waals surface area contributed by atoms with Crippen LogP contribution in [0.15, 0.2) is 48.5 Å². The van der Waals surface area contributed by atoms with Crippen LogP contribution in [0, 0.1) is 5.82 Å². The first kappa shape index (κ1) is 16.5. The van der Waals surface area contributed by atoms with Crippen molar-refractivity contribution in [1.29, 1.82) is 0 Å². The molecule has 0 bridgehead atoms. The van der Waals surface area contributed by atoms with Gasteiger partial charge in [-0.2, -0.15) is 0 Å². The summed E-state index contributed by atoms with van der Waals surface area (Å²) in [6.07, 6.45) is 1.38. The molecule has 118 valence electrons. The first-order valence-electron chi connectivity index (χ1n) is 6.94. The van der Waals surface area contributed by atoms with Gasteiger partial charge in [-0.05, 0) is 48.2 Å². The topological polar surface area (TPSA) is 66.4 Å². The fourth-order valence-electron chi connectivity index (χ4n) is 2.03. The molecule has 4 nitrogen and oxygen atoms in total. The Hall–Kier alpha value is -1.92. The molecular formula is C16H18FNO3S. The standard InChI is InChI=1S/C16H18FNO3S/c17-15-7-3-14(4-8-15)12-22(20,21)18-11-1-2-13-5-9-16(19)10-6-13/h3-10,18-19H,1-2,11-12H2. The van der Waals surface area contributed by atoms with Crippen molar-refractivity contribution in [3.05, 3.63) is 65.5 Å². The van der Waals surface area contributed by atoms with Crippen LogP contribution in [0.3, 0.4) is 0 Å². The van der Waals surface area contributed by atoms with Gasteiger partial charge in [0, 0.05) is 6.54 Å². The molecule has 2 rings (SSSR count). The Kier molecular flexibility index (Phi) is 5.51. The summed E-state index contributed by atoms with van der Waals surface area (Å²) < 4.78 is 39.1. The lowest BCUT2D eigenvalue weighted by Crippen LogP contribution is -2.26. The Balaban J connectivity index is 1.77. The van der Waals surface area contributed by atoms with Crippen molar-refractivity contribution >= 4 is 10.0 Å². The van der Waals surface area contributed by atoms with E-state index < -0.39 is 10.0 Å². The van der Waals surface area contributed by atoms with Crippen molar-refractivity contribution in [2.24, 2.45) is 0 Å². The maximum absolute atomic E-state index is 12.8. The van der Waals surface area contributed by atoms with Gasteiger partial charge in [-0.3, -0.25) is 0 Å². The van der Waals surface area contributed by atoms with Gasteiger partial charge in [0.2, 0.25) is 10.0 Å². The van der Waals surface area contributed by atoms with Crippen molar-refractivity contribution in [3.8, 4) is 5.75 Å². The third-order valence-electron chi connectivity index (χ3n) is 3.17. The molecule has 0 atom stereocenters. The van der Waals surface area contributed by atoms with Gasteiger partial charge in [0.1, 0.15) is 11.6 Å². The Morgan fingerprint density at radius 1 is 0.955 bits per heavy atom. The minimum absolute atomic E-state index is 0.160. The molecule has 22 heavy (non-hydrogen) atoms. The third kappa shape index (κ3) is 5.46. The summed E-state index contributed by atoms with van der Waals surface area (Å²) in [6, 6.07) is 12.2. The van der Waals surface area contributed by atoms with Crippen LogP contribution in [0.5, 0.6) is 5.75 Å². The first-order valence-corrected chi connectivity index (χ1v) is 8.59. The number of nitrogens with one attached hydrogen (secondary N) is 1. The number of phenolic OH excluding ortho intramolecular Hbond substituents is 1. The first-order chi connectivity index (χ1) is 10.4. The second-order valence-electron chi connectivity index (χ2n) is 5.05. The Bertz CT molecular complexity index is 697. The van der Waals surface area contributed by atoms with E-state index in [1.54, 1.807) is 12.1 Å². The zero-order valence-electron chi connectivity index (χ0n) is 12.0. The third-order valence-corrected chi connectivity index (χ3v) is 4.53. The number of phenols is 1. The van der Waals surface area contributed by atoms with Crippen molar-refractivity contribution < 1.29 is 17.9 Å². The van der Waals surface area contributed by atoms with Crippen LogP contribution in [-0.4, -0.2) is 20.1 Å². The molecule has 0 heterocycles. The molecule has 0 aromatic heterocycles. The molecule has 0 aliphatic carbocycles. The Morgan fingerprint density at radius 3 is 2.18 bits per heavy atom. The van der Waals surface area contributed by atoms with E-state index in [0.717, 1.165) is 12.0 Å². The van der Waals surface area contributed by atoms with Gasteiger partial charge in [0.15, 0.2) is 0 Å². The summed E-state index contributed by atoms with van der Waals surface area (Å²) in [6.45, 7) is 0.338. The average Bonchev–Trinajstić information content (AvgIpc) is 2.48. The molecule has 2 aromatic carbocycles.